The van der Waals surface area contributed by atoms with Gasteiger partial charge in [0.25, 0.3) is 5.91 Å². The van der Waals surface area contributed by atoms with E-state index in [4.69, 9.17) is 15.2 Å². The maximum Gasteiger partial charge on any atom is 0.254 e. The Morgan fingerprint density at radius 3 is 2.64 bits per heavy atom. The van der Waals surface area contributed by atoms with Crippen LogP contribution in [-0.4, -0.2) is 27.0 Å². The summed E-state index contributed by atoms with van der Waals surface area (Å²) in [5, 5.41) is 4.25. The van der Waals surface area contributed by atoms with Crippen molar-refractivity contribution in [1.29, 1.82) is 0 Å². The summed E-state index contributed by atoms with van der Waals surface area (Å²) < 4.78 is 5.71. The highest BCUT2D eigenvalue weighted by molar-refractivity contribution is 5.94. The zero-order chi connectivity index (χ0) is 19.1. The number of hydrogen-bond donors (Lipinski definition) is 1. The summed E-state index contributed by atoms with van der Waals surface area (Å²) >= 11 is 0. The van der Waals surface area contributed by atoms with Crippen molar-refractivity contribution >= 4 is 5.91 Å². The second-order valence-electron chi connectivity index (χ2n) is 8.76. The molecule has 5 rings (SSSR count). The third kappa shape index (κ3) is 2.94. The molecule has 1 aromatic heterocycles. The number of rotatable bonds is 3. The van der Waals surface area contributed by atoms with Crippen molar-refractivity contribution in [2.75, 3.05) is 0 Å². The number of nitrogens with zero attached hydrogens (tertiary/aromatic N) is 3. The van der Waals surface area contributed by atoms with Crippen molar-refractivity contribution in [2.24, 2.45) is 11.7 Å². The van der Waals surface area contributed by atoms with Gasteiger partial charge in [-0.05, 0) is 50.2 Å². The molecular weight excluding hydrogens is 352 g/mol. The van der Waals surface area contributed by atoms with Crippen molar-refractivity contribution in [3.05, 3.63) is 47.6 Å². The first-order valence-electron chi connectivity index (χ1n) is 10.7. The highest BCUT2D eigenvalue weighted by Gasteiger charge is 2.48. The summed E-state index contributed by atoms with van der Waals surface area (Å²) in [7, 11) is 0. The molecule has 1 aromatic carbocycles. The molecule has 148 valence electrons. The molecule has 2 N–H and O–H groups in total. The van der Waals surface area contributed by atoms with Gasteiger partial charge >= 0.3 is 0 Å². The van der Waals surface area contributed by atoms with Crippen LogP contribution >= 0.6 is 0 Å². The molecule has 2 saturated carbocycles. The largest absolute Gasteiger partial charge is 0.337 e. The molecule has 0 radical (unpaired) electrons. The second kappa shape index (κ2) is 6.99. The van der Waals surface area contributed by atoms with Crippen molar-refractivity contribution in [3.8, 4) is 0 Å². The molecule has 1 aliphatic heterocycles. The highest BCUT2D eigenvalue weighted by atomic mass is 16.5. The van der Waals surface area contributed by atoms with Crippen LogP contribution in [0.3, 0.4) is 0 Å². The molecule has 3 atom stereocenters. The molecule has 2 aliphatic carbocycles. The van der Waals surface area contributed by atoms with Gasteiger partial charge in [-0.25, -0.2) is 0 Å². The Kier molecular flexibility index (Phi) is 4.46. The number of amides is 1. The average molecular weight is 380 g/mol. The van der Waals surface area contributed by atoms with Gasteiger partial charge in [0.15, 0.2) is 5.82 Å². The van der Waals surface area contributed by atoms with Gasteiger partial charge in [0.05, 0.1) is 5.54 Å². The highest BCUT2D eigenvalue weighted by Crippen LogP contribution is 2.47. The summed E-state index contributed by atoms with van der Waals surface area (Å²) in [5.41, 5.74) is 6.78. The smallest absolute Gasteiger partial charge is 0.254 e. The minimum Gasteiger partial charge on any atom is -0.337 e. The monoisotopic (exact) mass is 380 g/mol. The fourth-order valence-electron chi connectivity index (χ4n) is 5.50. The molecule has 1 saturated heterocycles. The summed E-state index contributed by atoms with van der Waals surface area (Å²) in [5.74, 6) is 1.76. The Labute approximate surface area is 165 Å². The predicted molar refractivity (Wildman–Crippen MR) is 104 cm³/mol. The fourth-order valence-corrected chi connectivity index (χ4v) is 5.50. The number of nitrogens with two attached hydrogens (primary N) is 1. The van der Waals surface area contributed by atoms with E-state index in [1.165, 1.54) is 19.3 Å². The molecule has 0 bridgehead atoms. The van der Waals surface area contributed by atoms with Crippen molar-refractivity contribution in [3.63, 3.8) is 0 Å². The molecule has 3 unspecified atom stereocenters. The van der Waals surface area contributed by atoms with E-state index < -0.39 is 5.54 Å². The molecule has 6 nitrogen and oxygen atoms in total. The van der Waals surface area contributed by atoms with Crippen molar-refractivity contribution < 1.29 is 9.32 Å². The molecule has 3 aliphatic rings. The Bertz CT molecular complexity index is 843. The SMILES string of the molecule is NC1(c2noc(C3CC4CCCCC4N3C(=O)c3ccccc3)n2)CCCC1. The van der Waals surface area contributed by atoms with E-state index in [2.05, 4.69) is 5.16 Å². The van der Waals surface area contributed by atoms with Crippen LogP contribution in [0.1, 0.15) is 85.9 Å². The van der Waals surface area contributed by atoms with Gasteiger partial charge in [-0.3, -0.25) is 4.79 Å². The maximum atomic E-state index is 13.4. The molecule has 1 amide bonds. The number of carbonyl (C=O) groups is 1. The van der Waals surface area contributed by atoms with E-state index in [-0.39, 0.29) is 18.0 Å². The molecular formula is C22H28N4O2. The summed E-state index contributed by atoms with van der Waals surface area (Å²) in [6.45, 7) is 0. The Morgan fingerprint density at radius 1 is 1.11 bits per heavy atom. The molecule has 28 heavy (non-hydrogen) atoms. The lowest BCUT2D eigenvalue weighted by Crippen LogP contribution is -2.40. The number of likely N-dealkylation sites (tertiary alicyclic amines) is 1. The third-order valence-electron chi connectivity index (χ3n) is 7.01. The topological polar surface area (TPSA) is 85.2 Å². The van der Waals surface area contributed by atoms with Crippen LogP contribution in [-0.2, 0) is 5.54 Å². The maximum absolute atomic E-state index is 13.4. The molecule has 2 heterocycles. The zero-order valence-electron chi connectivity index (χ0n) is 16.2. The van der Waals surface area contributed by atoms with Crippen LogP contribution in [0.25, 0.3) is 0 Å². The minimum atomic E-state index is -0.471. The quantitative estimate of drug-likeness (QED) is 0.871. The van der Waals surface area contributed by atoms with Crippen LogP contribution in [0.15, 0.2) is 34.9 Å². The van der Waals surface area contributed by atoms with Gasteiger partial charge < -0.3 is 15.2 Å². The van der Waals surface area contributed by atoms with E-state index in [1.807, 2.05) is 35.2 Å². The predicted octanol–water partition coefficient (Wildman–Crippen LogP) is 3.94. The van der Waals surface area contributed by atoms with Crippen LogP contribution in [0.5, 0.6) is 0 Å². The van der Waals surface area contributed by atoms with E-state index in [0.29, 0.717) is 17.6 Å². The van der Waals surface area contributed by atoms with Crippen LogP contribution in [0.2, 0.25) is 0 Å². The van der Waals surface area contributed by atoms with Gasteiger partial charge in [0, 0.05) is 11.6 Å². The Hall–Kier alpha value is -2.21. The standard InChI is InChI=1S/C22H28N4O2/c23-22(12-6-7-13-22)21-24-19(28-25-21)18-14-16-10-4-5-11-17(16)26(18)20(27)15-8-2-1-3-9-15/h1-3,8-9,16-18H,4-7,10-14,23H2. The van der Waals surface area contributed by atoms with Gasteiger partial charge in [-0.15, -0.1) is 0 Å². The Morgan fingerprint density at radius 2 is 1.86 bits per heavy atom. The fraction of sp³-hybridized carbons (Fsp3) is 0.591. The second-order valence-corrected chi connectivity index (χ2v) is 8.76. The lowest BCUT2D eigenvalue weighted by Gasteiger charge is -2.33. The van der Waals surface area contributed by atoms with E-state index >= 15 is 0 Å². The number of hydrogen-bond acceptors (Lipinski definition) is 5. The van der Waals surface area contributed by atoms with Gasteiger partial charge in [-0.2, -0.15) is 4.98 Å². The zero-order valence-corrected chi connectivity index (χ0v) is 16.2. The lowest BCUT2D eigenvalue weighted by atomic mass is 9.84. The van der Waals surface area contributed by atoms with Gasteiger partial charge in [0.2, 0.25) is 5.89 Å². The van der Waals surface area contributed by atoms with Crippen molar-refractivity contribution in [1.82, 2.24) is 15.0 Å². The summed E-state index contributed by atoms with van der Waals surface area (Å²) in [4.78, 5) is 20.2. The van der Waals surface area contributed by atoms with Gasteiger partial charge in [0.1, 0.15) is 6.04 Å². The summed E-state index contributed by atoms with van der Waals surface area (Å²) in [6.07, 6.45) is 9.55. The van der Waals surface area contributed by atoms with Crippen LogP contribution in [0, 0.1) is 5.92 Å². The first kappa shape index (κ1) is 17.9. The van der Waals surface area contributed by atoms with Crippen LogP contribution in [0.4, 0.5) is 0 Å². The number of aromatic nitrogens is 2. The van der Waals surface area contributed by atoms with E-state index in [9.17, 15) is 4.79 Å². The Balaban J connectivity index is 1.48. The van der Waals surface area contributed by atoms with Gasteiger partial charge in [-0.1, -0.05) is 49.0 Å². The lowest BCUT2D eigenvalue weighted by molar-refractivity contribution is 0.0588. The van der Waals surface area contributed by atoms with E-state index in [1.54, 1.807) is 0 Å². The molecule has 3 fully saturated rings. The summed E-state index contributed by atoms with van der Waals surface area (Å²) in [6, 6.07) is 9.67. The number of benzene rings is 1. The first-order valence-corrected chi connectivity index (χ1v) is 10.7. The van der Waals surface area contributed by atoms with Crippen molar-refractivity contribution in [2.45, 2.75) is 75.4 Å². The number of carbonyl (C=O) groups excluding carboxylic acids is 1. The molecule has 6 heteroatoms. The molecule has 0 spiro atoms. The third-order valence-corrected chi connectivity index (χ3v) is 7.01. The normalized spacial score (nSPS) is 29.0. The average Bonchev–Trinajstić information content (AvgIpc) is 3.46. The minimum absolute atomic E-state index is 0.0723. The number of fused-ring (bicyclic) bond motifs is 1. The molecule has 2 aromatic rings. The van der Waals surface area contributed by atoms with E-state index in [0.717, 1.165) is 44.1 Å². The first-order chi connectivity index (χ1) is 13.7. The van der Waals surface area contributed by atoms with Crippen LogP contribution < -0.4 is 5.73 Å².